The quantitative estimate of drug-likeness (QED) is 0.182. The molecule has 0 saturated carbocycles. The standard InChI is InChI=1S/C50H32N4.C2H6/c1-3-15-37(16-4-1)53-45-25-23-33(35-13-11-27-51-31-35)29-43(45)47-40-20-8-10-22-42(40)50-48(39-19-7-9-21-41(39)49(47)53)44-30-34(36-14-12-28-52-32-36)24-26-46(44)54(50)38-17-5-2-6-18-38;1-2/h1-32H;1-2H3. The van der Waals surface area contributed by atoms with Gasteiger partial charge in [-0.1, -0.05) is 123 Å². The van der Waals surface area contributed by atoms with Crippen molar-refractivity contribution in [3.8, 4) is 78.4 Å². The molecule has 0 atom stereocenters. The molecule has 56 heavy (non-hydrogen) atoms. The van der Waals surface area contributed by atoms with Crippen molar-refractivity contribution in [1.29, 1.82) is 0 Å². The fourth-order valence-corrected chi connectivity index (χ4v) is 8.57. The van der Waals surface area contributed by atoms with Gasteiger partial charge in [-0.05, 0) is 82.9 Å². The van der Waals surface area contributed by atoms with E-state index in [2.05, 4.69) is 177 Å². The van der Waals surface area contributed by atoms with Gasteiger partial charge in [-0.3, -0.25) is 9.97 Å². The Morgan fingerprint density at radius 1 is 0.357 bits per heavy atom. The van der Waals surface area contributed by atoms with Crippen LogP contribution in [0.4, 0.5) is 0 Å². The van der Waals surface area contributed by atoms with Gasteiger partial charge in [-0.2, -0.15) is 0 Å². The van der Waals surface area contributed by atoms with E-state index in [-0.39, 0.29) is 0 Å². The fraction of sp³-hybridized carbons (Fsp3) is 0.0385. The molecule has 0 fully saturated rings. The van der Waals surface area contributed by atoms with Crippen LogP contribution >= 0.6 is 0 Å². The molecule has 0 bridgehead atoms. The molecule has 0 aliphatic heterocycles. The third-order valence-electron chi connectivity index (χ3n) is 10.9. The van der Waals surface area contributed by atoms with E-state index in [1.807, 2.05) is 50.8 Å². The van der Waals surface area contributed by atoms with Crippen LogP contribution in [0, 0.1) is 0 Å². The molecule has 6 aromatic carbocycles. The van der Waals surface area contributed by atoms with Gasteiger partial charge in [0.1, 0.15) is 0 Å². The van der Waals surface area contributed by atoms with Crippen molar-refractivity contribution in [2.45, 2.75) is 13.8 Å². The smallest absolute Gasteiger partial charge is 0.0625 e. The van der Waals surface area contributed by atoms with Crippen LogP contribution in [0.3, 0.4) is 0 Å². The van der Waals surface area contributed by atoms with E-state index in [1.165, 1.54) is 55.5 Å². The van der Waals surface area contributed by atoms with Gasteiger partial charge in [-0.15, -0.1) is 0 Å². The zero-order chi connectivity index (χ0) is 37.6. The van der Waals surface area contributed by atoms with Crippen molar-refractivity contribution < 1.29 is 0 Å². The summed E-state index contributed by atoms with van der Waals surface area (Å²) in [5, 5.41) is 2.39. The number of rotatable bonds is 4. The molecule has 4 aromatic heterocycles. The molecular formula is C52H38N4. The predicted octanol–water partition coefficient (Wildman–Crippen LogP) is 13.7. The maximum Gasteiger partial charge on any atom is 0.0625 e. The highest BCUT2D eigenvalue weighted by atomic mass is 15.0. The first-order chi connectivity index (χ1) is 27.8. The van der Waals surface area contributed by atoms with Gasteiger partial charge in [0.15, 0.2) is 0 Å². The molecule has 0 saturated heterocycles. The number of nitrogens with zero attached hydrogens (tertiary/aromatic N) is 4. The van der Waals surface area contributed by atoms with E-state index in [9.17, 15) is 0 Å². The third kappa shape index (κ3) is 5.22. The van der Waals surface area contributed by atoms with Crippen LogP contribution in [0.25, 0.3) is 100 Å². The molecule has 10 aromatic rings. The summed E-state index contributed by atoms with van der Waals surface area (Å²) >= 11 is 0. The Balaban J connectivity index is 0.00000189. The van der Waals surface area contributed by atoms with Crippen molar-refractivity contribution in [2.75, 3.05) is 0 Å². The van der Waals surface area contributed by atoms with E-state index in [0.29, 0.717) is 0 Å². The minimum absolute atomic E-state index is 1.09. The Morgan fingerprint density at radius 3 is 1.14 bits per heavy atom. The summed E-state index contributed by atoms with van der Waals surface area (Å²) in [6.45, 7) is 4.00. The van der Waals surface area contributed by atoms with Crippen LogP contribution < -0.4 is 0 Å². The second-order valence-electron chi connectivity index (χ2n) is 13.8. The van der Waals surface area contributed by atoms with Gasteiger partial charge in [0.05, 0.1) is 22.4 Å². The molecule has 1 aliphatic rings. The number of benzene rings is 6. The molecule has 11 rings (SSSR count). The Labute approximate surface area is 326 Å². The van der Waals surface area contributed by atoms with Crippen molar-refractivity contribution in [1.82, 2.24) is 19.1 Å². The van der Waals surface area contributed by atoms with Crippen LogP contribution in [-0.4, -0.2) is 19.1 Å². The van der Waals surface area contributed by atoms with Gasteiger partial charge >= 0.3 is 0 Å². The number of aromatic nitrogens is 4. The lowest BCUT2D eigenvalue weighted by atomic mass is 9.84. The van der Waals surface area contributed by atoms with Crippen molar-refractivity contribution in [3.63, 3.8) is 0 Å². The van der Waals surface area contributed by atoms with E-state index in [0.717, 1.165) is 44.7 Å². The molecule has 266 valence electrons. The van der Waals surface area contributed by atoms with Gasteiger partial charge in [-0.25, -0.2) is 0 Å². The first-order valence-corrected chi connectivity index (χ1v) is 19.3. The van der Waals surface area contributed by atoms with Crippen molar-refractivity contribution in [2.24, 2.45) is 0 Å². The number of fused-ring (bicyclic) bond motifs is 12. The molecule has 0 spiro atoms. The Kier molecular flexibility index (Phi) is 8.23. The molecule has 4 heterocycles. The van der Waals surface area contributed by atoms with Gasteiger partial charge in [0.25, 0.3) is 0 Å². The number of hydrogen-bond donors (Lipinski definition) is 0. The molecule has 4 nitrogen and oxygen atoms in total. The number of para-hydroxylation sites is 2. The number of hydrogen-bond acceptors (Lipinski definition) is 2. The first kappa shape index (κ1) is 33.3. The maximum absolute atomic E-state index is 4.47. The summed E-state index contributed by atoms with van der Waals surface area (Å²) in [7, 11) is 0. The van der Waals surface area contributed by atoms with E-state index >= 15 is 0 Å². The van der Waals surface area contributed by atoms with Crippen LogP contribution in [-0.2, 0) is 0 Å². The van der Waals surface area contributed by atoms with Gasteiger partial charge < -0.3 is 9.13 Å². The highest BCUT2D eigenvalue weighted by molar-refractivity contribution is 6.17. The van der Waals surface area contributed by atoms with Crippen LogP contribution in [0.5, 0.6) is 0 Å². The monoisotopic (exact) mass is 718 g/mol. The second-order valence-corrected chi connectivity index (χ2v) is 13.8. The normalized spacial score (nSPS) is 11.4. The van der Waals surface area contributed by atoms with Crippen LogP contribution in [0.2, 0.25) is 0 Å². The summed E-state index contributed by atoms with van der Waals surface area (Å²) in [5.41, 5.74) is 18.6. The van der Waals surface area contributed by atoms with Crippen molar-refractivity contribution in [3.05, 3.63) is 195 Å². The minimum atomic E-state index is 1.09. The summed E-state index contributed by atoms with van der Waals surface area (Å²) in [5.74, 6) is 0. The molecular weight excluding hydrogens is 681 g/mol. The number of pyridine rings is 2. The molecule has 1 aliphatic carbocycles. The second kappa shape index (κ2) is 13.8. The topological polar surface area (TPSA) is 35.6 Å². The molecule has 4 heteroatoms. The molecule has 0 amide bonds. The zero-order valence-corrected chi connectivity index (χ0v) is 31.3. The highest BCUT2D eigenvalue weighted by Crippen LogP contribution is 2.55. The molecule has 0 unspecified atom stereocenters. The van der Waals surface area contributed by atoms with Crippen LogP contribution in [0.1, 0.15) is 13.8 Å². The minimum Gasteiger partial charge on any atom is -0.309 e. The summed E-state index contributed by atoms with van der Waals surface area (Å²) in [4.78, 5) is 8.95. The van der Waals surface area contributed by atoms with Crippen LogP contribution in [0.15, 0.2) is 195 Å². The SMILES string of the molecule is CC.c1ccc(-n2c3c(c4cc(-c5cccnc5)ccc42)-c2ccccc2-c2c(c4cc(-c5cccnc5)ccc4n2-c2ccccc2)-c2ccccc2-3)cc1. The molecule has 0 N–H and O–H groups in total. The lowest BCUT2D eigenvalue weighted by Crippen LogP contribution is -2.03. The average Bonchev–Trinajstić information content (AvgIpc) is 3.80. The Bertz CT molecular complexity index is 2810. The largest absolute Gasteiger partial charge is 0.309 e. The highest BCUT2D eigenvalue weighted by Gasteiger charge is 2.32. The Morgan fingerprint density at radius 2 is 0.750 bits per heavy atom. The predicted molar refractivity (Wildman–Crippen MR) is 233 cm³/mol. The summed E-state index contributed by atoms with van der Waals surface area (Å²) in [6.07, 6.45) is 7.57. The van der Waals surface area contributed by atoms with E-state index in [4.69, 9.17) is 0 Å². The first-order valence-electron chi connectivity index (χ1n) is 19.3. The summed E-state index contributed by atoms with van der Waals surface area (Å²) < 4.78 is 4.94. The average molecular weight is 719 g/mol. The lowest BCUT2D eigenvalue weighted by molar-refractivity contribution is 1.13. The van der Waals surface area contributed by atoms with E-state index < -0.39 is 0 Å². The summed E-state index contributed by atoms with van der Waals surface area (Å²) in [6, 6.07) is 61.6. The van der Waals surface area contributed by atoms with Gasteiger partial charge in [0.2, 0.25) is 0 Å². The van der Waals surface area contributed by atoms with Crippen molar-refractivity contribution >= 4 is 21.8 Å². The van der Waals surface area contributed by atoms with E-state index in [1.54, 1.807) is 0 Å². The zero-order valence-electron chi connectivity index (χ0n) is 31.3. The maximum atomic E-state index is 4.47. The lowest BCUT2D eigenvalue weighted by Gasteiger charge is -2.23. The fourth-order valence-electron chi connectivity index (χ4n) is 8.57. The third-order valence-corrected chi connectivity index (χ3v) is 10.9. The Hall–Kier alpha value is -7.30. The van der Waals surface area contributed by atoms with Gasteiger partial charge in [0, 0.05) is 80.3 Å². The molecule has 0 radical (unpaired) electrons.